The van der Waals surface area contributed by atoms with Gasteiger partial charge in [0, 0.05) is 19.3 Å². The third-order valence-electron chi connectivity index (χ3n) is 13.4. The van der Waals surface area contributed by atoms with E-state index in [2.05, 4.69) is 45.1 Å². The molecule has 0 aliphatic rings. The van der Waals surface area contributed by atoms with Gasteiger partial charge in [0.05, 0.1) is 0 Å². The van der Waals surface area contributed by atoms with Crippen LogP contribution in [0.15, 0.2) is 24.3 Å². The van der Waals surface area contributed by atoms with Crippen molar-refractivity contribution < 1.29 is 28.6 Å². The molecule has 0 aromatic rings. The van der Waals surface area contributed by atoms with E-state index in [0.29, 0.717) is 19.3 Å². The molecule has 0 N–H and O–H groups in total. The average Bonchev–Trinajstić information content (AvgIpc) is 3.33. The molecule has 0 saturated carbocycles. The standard InChI is InChI=1S/C61H114O6/c1-4-7-10-13-16-19-22-25-27-29-30-32-34-37-40-43-46-49-52-55-61(64)67-58(56-65-59(62)53-50-47-44-41-38-35-24-21-18-15-12-9-6-3)57-66-60(63)54-51-48-45-42-39-36-33-31-28-26-23-20-17-14-11-8-5-2/h21,24-25,27,58H,4-20,22-23,26,28-57H2,1-3H3/b24-21-,27-25-/t58-/m1/s1. The van der Waals surface area contributed by atoms with Gasteiger partial charge in [-0.2, -0.15) is 0 Å². The van der Waals surface area contributed by atoms with E-state index < -0.39 is 6.10 Å². The van der Waals surface area contributed by atoms with Gasteiger partial charge >= 0.3 is 17.9 Å². The highest BCUT2D eigenvalue weighted by molar-refractivity contribution is 5.71. The van der Waals surface area contributed by atoms with Crippen molar-refractivity contribution >= 4 is 17.9 Å². The number of hydrogen-bond acceptors (Lipinski definition) is 6. The maximum atomic E-state index is 12.9. The normalized spacial score (nSPS) is 12.1. The van der Waals surface area contributed by atoms with Gasteiger partial charge in [-0.3, -0.25) is 14.4 Å². The number of rotatable bonds is 55. The molecule has 0 radical (unpaired) electrons. The molecule has 0 saturated heterocycles. The third kappa shape index (κ3) is 54.7. The van der Waals surface area contributed by atoms with Crippen LogP contribution < -0.4 is 0 Å². The number of ether oxygens (including phenoxy) is 3. The quantitative estimate of drug-likeness (QED) is 0.0262. The first-order valence-electron chi connectivity index (χ1n) is 29.8. The van der Waals surface area contributed by atoms with Crippen LogP contribution in [0.2, 0.25) is 0 Å². The number of hydrogen-bond donors (Lipinski definition) is 0. The van der Waals surface area contributed by atoms with Crippen molar-refractivity contribution in [3.8, 4) is 0 Å². The summed E-state index contributed by atoms with van der Waals surface area (Å²) in [6.07, 6.45) is 66.0. The Kier molecular flexibility index (Phi) is 54.7. The molecule has 0 heterocycles. The lowest BCUT2D eigenvalue weighted by Crippen LogP contribution is -2.30. The van der Waals surface area contributed by atoms with Gasteiger partial charge in [0.1, 0.15) is 13.2 Å². The Morgan fingerprint density at radius 2 is 0.493 bits per heavy atom. The highest BCUT2D eigenvalue weighted by Crippen LogP contribution is 2.17. The number of carbonyl (C=O) groups is 3. The Labute approximate surface area is 417 Å². The molecule has 0 aliphatic heterocycles. The van der Waals surface area contributed by atoms with Crippen LogP contribution in [0.4, 0.5) is 0 Å². The minimum absolute atomic E-state index is 0.0700. The highest BCUT2D eigenvalue weighted by atomic mass is 16.6. The SMILES string of the molecule is CCCCCC/C=C\CCCCCCCC(=O)OC[C@H](COC(=O)CCCCCCCCCCCCCCCCCCC)OC(=O)CCCCCCCCCCC/C=C\CCCCCCCC. The third-order valence-corrected chi connectivity index (χ3v) is 13.4. The van der Waals surface area contributed by atoms with Gasteiger partial charge in [-0.1, -0.05) is 263 Å². The summed E-state index contributed by atoms with van der Waals surface area (Å²) in [7, 11) is 0. The van der Waals surface area contributed by atoms with E-state index >= 15 is 0 Å². The van der Waals surface area contributed by atoms with Gasteiger partial charge in [-0.05, 0) is 70.6 Å². The van der Waals surface area contributed by atoms with E-state index in [4.69, 9.17) is 14.2 Å². The van der Waals surface area contributed by atoms with E-state index in [9.17, 15) is 14.4 Å². The topological polar surface area (TPSA) is 78.9 Å². The maximum Gasteiger partial charge on any atom is 0.306 e. The van der Waals surface area contributed by atoms with Crippen LogP contribution in [-0.4, -0.2) is 37.2 Å². The predicted octanol–water partition coefficient (Wildman–Crippen LogP) is 19.9. The molecular weight excluding hydrogens is 829 g/mol. The van der Waals surface area contributed by atoms with Crippen LogP contribution in [0.3, 0.4) is 0 Å². The molecule has 67 heavy (non-hydrogen) atoms. The Hall–Kier alpha value is -2.11. The summed E-state index contributed by atoms with van der Waals surface area (Å²) in [6, 6.07) is 0. The van der Waals surface area contributed by atoms with Crippen molar-refractivity contribution in [2.45, 2.75) is 335 Å². The van der Waals surface area contributed by atoms with Gasteiger partial charge < -0.3 is 14.2 Å². The van der Waals surface area contributed by atoms with E-state index in [1.807, 2.05) is 0 Å². The molecule has 0 spiro atoms. The second kappa shape index (κ2) is 56.5. The molecule has 6 heteroatoms. The molecule has 0 unspecified atom stereocenters. The molecule has 0 aromatic heterocycles. The van der Waals surface area contributed by atoms with Crippen molar-refractivity contribution in [1.82, 2.24) is 0 Å². The summed E-state index contributed by atoms with van der Waals surface area (Å²) in [5, 5.41) is 0. The molecule has 0 bridgehead atoms. The highest BCUT2D eigenvalue weighted by Gasteiger charge is 2.19. The van der Waals surface area contributed by atoms with E-state index in [1.165, 1.54) is 225 Å². The number of esters is 3. The van der Waals surface area contributed by atoms with Crippen molar-refractivity contribution in [2.75, 3.05) is 13.2 Å². The second-order valence-corrected chi connectivity index (χ2v) is 20.3. The Morgan fingerprint density at radius 1 is 0.284 bits per heavy atom. The summed E-state index contributed by atoms with van der Waals surface area (Å²) in [4.78, 5) is 38.2. The minimum atomic E-state index is -0.772. The summed E-state index contributed by atoms with van der Waals surface area (Å²) in [6.45, 7) is 6.67. The molecule has 0 aromatic carbocycles. The molecule has 0 aliphatic carbocycles. The summed E-state index contributed by atoms with van der Waals surface area (Å²) < 4.78 is 16.9. The molecule has 0 amide bonds. The zero-order valence-corrected chi connectivity index (χ0v) is 45.2. The summed E-state index contributed by atoms with van der Waals surface area (Å²) in [5.41, 5.74) is 0. The van der Waals surface area contributed by atoms with Gasteiger partial charge in [0.2, 0.25) is 0 Å². The van der Waals surface area contributed by atoms with Crippen LogP contribution in [0.25, 0.3) is 0 Å². The first-order valence-corrected chi connectivity index (χ1v) is 29.8. The predicted molar refractivity (Wildman–Crippen MR) is 289 cm³/mol. The second-order valence-electron chi connectivity index (χ2n) is 20.3. The molecule has 0 fully saturated rings. The Bertz CT molecular complexity index is 1080. The monoisotopic (exact) mass is 943 g/mol. The molecular formula is C61H114O6. The fourth-order valence-corrected chi connectivity index (χ4v) is 8.91. The average molecular weight is 944 g/mol. The summed E-state index contributed by atoms with van der Waals surface area (Å²) >= 11 is 0. The van der Waals surface area contributed by atoms with E-state index in [1.54, 1.807) is 0 Å². The van der Waals surface area contributed by atoms with Gasteiger partial charge in [-0.15, -0.1) is 0 Å². The largest absolute Gasteiger partial charge is 0.462 e. The summed E-state index contributed by atoms with van der Waals surface area (Å²) in [5.74, 6) is -0.860. The lowest BCUT2D eigenvalue weighted by atomic mass is 10.0. The fourth-order valence-electron chi connectivity index (χ4n) is 8.91. The smallest absolute Gasteiger partial charge is 0.306 e. The van der Waals surface area contributed by atoms with Gasteiger partial charge in [-0.25, -0.2) is 0 Å². The first-order chi connectivity index (χ1) is 33.0. The van der Waals surface area contributed by atoms with Crippen molar-refractivity contribution in [3.05, 3.63) is 24.3 Å². The number of carbonyl (C=O) groups excluding carboxylic acids is 3. The van der Waals surface area contributed by atoms with Crippen molar-refractivity contribution in [2.24, 2.45) is 0 Å². The first kappa shape index (κ1) is 64.9. The Morgan fingerprint density at radius 3 is 0.761 bits per heavy atom. The van der Waals surface area contributed by atoms with Gasteiger partial charge in [0.15, 0.2) is 6.10 Å². The molecule has 6 nitrogen and oxygen atoms in total. The van der Waals surface area contributed by atoms with Crippen LogP contribution >= 0.6 is 0 Å². The molecule has 0 rings (SSSR count). The lowest BCUT2D eigenvalue weighted by Gasteiger charge is -2.18. The van der Waals surface area contributed by atoms with Crippen LogP contribution in [0.1, 0.15) is 329 Å². The van der Waals surface area contributed by atoms with Crippen molar-refractivity contribution in [1.29, 1.82) is 0 Å². The molecule has 394 valence electrons. The Balaban J connectivity index is 4.31. The van der Waals surface area contributed by atoms with E-state index in [0.717, 1.165) is 64.2 Å². The van der Waals surface area contributed by atoms with E-state index in [-0.39, 0.29) is 31.1 Å². The van der Waals surface area contributed by atoms with Crippen molar-refractivity contribution in [3.63, 3.8) is 0 Å². The van der Waals surface area contributed by atoms with Crippen LogP contribution in [0.5, 0.6) is 0 Å². The fraction of sp³-hybridized carbons (Fsp3) is 0.885. The minimum Gasteiger partial charge on any atom is -0.462 e. The molecule has 1 atom stereocenters. The lowest BCUT2D eigenvalue weighted by molar-refractivity contribution is -0.167. The van der Waals surface area contributed by atoms with Gasteiger partial charge in [0.25, 0.3) is 0 Å². The number of unbranched alkanes of at least 4 members (excludes halogenated alkanes) is 40. The zero-order chi connectivity index (χ0) is 48.6. The number of allylic oxidation sites excluding steroid dienone is 4. The zero-order valence-electron chi connectivity index (χ0n) is 45.2. The maximum absolute atomic E-state index is 12.9. The van der Waals surface area contributed by atoms with Crippen LogP contribution in [-0.2, 0) is 28.6 Å². The van der Waals surface area contributed by atoms with Crippen LogP contribution in [0, 0.1) is 0 Å².